The van der Waals surface area contributed by atoms with E-state index in [1.807, 2.05) is 36.4 Å². The number of hydrogen-bond donors (Lipinski definition) is 3. The molecule has 2 aromatic carbocycles. The topological polar surface area (TPSA) is 62.6 Å². The summed E-state index contributed by atoms with van der Waals surface area (Å²) in [7, 11) is 0. The molecule has 1 fully saturated rings. The Labute approximate surface area is 167 Å². The lowest BCUT2D eigenvalue weighted by atomic mass is 10.0. The molecule has 5 nitrogen and oxygen atoms in total. The Morgan fingerprint density at radius 1 is 0.964 bits per heavy atom. The van der Waals surface area contributed by atoms with Gasteiger partial charge in [0, 0.05) is 31.9 Å². The van der Waals surface area contributed by atoms with Gasteiger partial charge in [0.2, 0.25) is 11.8 Å². The number of amides is 2. The van der Waals surface area contributed by atoms with Crippen LogP contribution in [0.3, 0.4) is 0 Å². The van der Waals surface area contributed by atoms with Crippen molar-refractivity contribution in [3.8, 4) is 0 Å². The third-order valence-electron chi connectivity index (χ3n) is 5.31. The fraction of sp³-hybridized carbons (Fsp3) is 0.391. The second-order valence-corrected chi connectivity index (χ2v) is 7.55. The van der Waals surface area contributed by atoms with Crippen LogP contribution in [0.25, 0.3) is 0 Å². The molecule has 28 heavy (non-hydrogen) atoms. The molecule has 0 unspecified atom stereocenters. The van der Waals surface area contributed by atoms with Crippen molar-refractivity contribution in [2.45, 2.75) is 45.3 Å². The highest BCUT2D eigenvalue weighted by Gasteiger charge is 2.19. The normalized spacial score (nSPS) is 15.2. The van der Waals surface area contributed by atoms with E-state index < -0.39 is 0 Å². The number of carbonyl (C=O) groups is 2. The lowest BCUT2D eigenvalue weighted by Crippen LogP contribution is -3.08. The highest BCUT2D eigenvalue weighted by Crippen LogP contribution is 2.17. The summed E-state index contributed by atoms with van der Waals surface area (Å²) in [6.45, 7) is 5.48. The summed E-state index contributed by atoms with van der Waals surface area (Å²) in [6.07, 6.45) is 2.83. The Hall–Kier alpha value is -2.66. The molecule has 2 aromatic rings. The maximum absolute atomic E-state index is 12.6. The van der Waals surface area contributed by atoms with Gasteiger partial charge in [0.15, 0.2) is 0 Å². The highest BCUT2D eigenvalue weighted by molar-refractivity contribution is 5.79. The Bertz CT molecular complexity index is 785. The molecule has 5 heteroatoms. The first-order valence-electron chi connectivity index (χ1n) is 10.1. The van der Waals surface area contributed by atoms with Crippen molar-refractivity contribution in [1.29, 1.82) is 0 Å². The van der Waals surface area contributed by atoms with Crippen LogP contribution in [0.2, 0.25) is 0 Å². The fourth-order valence-electron chi connectivity index (χ4n) is 3.86. The fourth-order valence-corrected chi connectivity index (χ4v) is 3.86. The number of quaternary nitrogens is 1. The summed E-state index contributed by atoms with van der Waals surface area (Å²) >= 11 is 0. The van der Waals surface area contributed by atoms with Crippen molar-refractivity contribution >= 4 is 11.8 Å². The predicted octanol–water partition coefficient (Wildman–Crippen LogP) is 1.75. The largest absolute Gasteiger partial charge is 0.352 e. The smallest absolute Gasteiger partial charge is 0.222 e. The Morgan fingerprint density at radius 3 is 2.29 bits per heavy atom. The minimum atomic E-state index is -0.317. The molecule has 148 valence electrons. The summed E-state index contributed by atoms with van der Waals surface area (Å²) in [6, 6.07) is 17.6. The maximum Gasteiger partial charge on any atom is 0.222 e. The number of nitrogens with one attached hydrogen (secondary N) is 3. The number of hydrogen-bond acceptors (Lipinski definition) is 2. The van der Waals surface area contributed by atoms with Crippen LogP contribution in [0.5, 0.6) is 0 Å². The molecule has 3 rings (SSSR count). The van der Waals surface area contributed by atoms with Gasteiger partial charge < -0.3 is 15.5 Å². The van der Waals surface area contributed by atoms with Crippen molar-refractivity contribution in [3.63, 3.8) is 0 Å². The van der Waals surface area contributed by atoms with E-state index in [9.17, 15) is 9.59 Å². The summed E-state index contributed by atoms with van der Waals surface area (Å²) < 4.78 is 0. The molecule has 1 aliphatic rings. The highest BCUT2D eigenvalue weighted by atomic mass is 16.2. The van der Waals surface area contributed by atoms with E-state index in [4.69, 9.17) is 0 Å². The molecule has 1 saturated heterocycles. The van der Waals surface area contributed by atoms with Crippen LogP contribution in [0.1, 0.15) is 48.9 Å². The lowest BCUT2D eigenvalue weighted by Gasteiger charge is -2.19. The van der Waals surface area contributed by atoms with E-state index in [0.29, 0.717) is 6.54 Å². The first-order chi connectivity index (χ1) is 13.6. The Balaban J connectivity index is 1.59. The predicted molar refractivity (Wildman–Crippen MR) is 110 cm³/mol. The van der Waals surface area contributed by atoms with E-state index in [1.165, 1.54) is 44.0 Å². The van der Waals surface area contributed by atoms with Crippen molar-refractivity contribution < 1.29 is 14.5 Å². The molecule has 0 bridgehead atoms. The first kappa shape index (κ1) is 20.1. The van der Waals surface area contributed by atoms with Gasteiger partial charge in [-0.15, -0.1) is 0 Å². The second kappa shape index (κ2) is 10.0. The first-order valence-corrected chi connectivity index (χ1v) is 10.1. The molecule has 2 amide bonds. The van der Waals surface area contributed by atoms with Crippen molar-refractivity contribution in [1.82, 2.24) is 10.6 Å². The maximum atomic E-state index is 12.6. The van der Waals surface area contributed by atoms with Gasteiger partial charge in [0.1, 0.15) is 6.54 Å². The van der Waals surface area contributed by atoms with Crippen LogP contribution in [0, 0.1) is 0 Å². The van der Waals surface area contributed by atoms with Gasteiger partial charge in [0.05, 0.1) is 25.6 Å². The molecule has 0 spiro atoms. The molecule has 0 saturated carbocycles. The van der Waals surface area contributed by atoms with Crippen LogP contribution >= 0.6 is 0 Å². The van der Waals surface area contributed by atoms with Crippen LogP contribution in [0.4, 0.5) is 0 Å². The zero-order valence-electron chi connectivity index (χ0n) is 16.5. The summed E-state index contributed by atoms with van der Waals surface area (Å²) in [5.41, 5.74) is 3.41. The standard InChI is InChI=1S/C23H29N3O2/c1-18(27)25-22(19-9-3-2-4-10-19)15-23(28)24-16-20-11-5-6-12-21(20)17-26-13-7-8-14-26/h2-6,9-12,22H,7-8,13-17H2,1H3,(H,24,28)(H,25,27)/p+1/t22-/m1/s1. The van der Waals surface area contributed by atoms with E-state index >= 15 is 0 Å². The zero-order chi connectivity index (χ0) is 19.8. The average Bonchev–Trinajstić information content (AvgIpc) is 3.20. The van der Waals surface area contributed by atoms with Crippen molar-refractivity contribution in [3.05, 3.63) is 71.3 Å². The molecule has 0 aromatic heterocycles. The minimum Gasteiger partial charge on any atom is -0.352 e. The van der Waals surface area contributed by atoms with Gasteiger partial charge in [-0.05, 0) is 11.1 Å². The molecule has 1 atom stereocenters. The molecule has 3 N–H and O–H groups in total. The Morgan fingerprint density at radius 2 is 1.61 bits per heavy atom. The van der Waals surface area contributed by atoms with Crippen LogP contribution in [-0.4, -0.2) is 24.9 Å². The average molecular weight is 381 g/mol. The van der Waals surface area contributed by atoms with Crippen LogP contribution < -0.4 is 15.5 Å². The third kappa shape index (κ3) is 5.92. The number of carbonyl (C=O) groups excluding carboxylic acids is 2. The molecule has 1 aliphatic heterocycles. The van der Waals surface area contributed by atoms with E-state index in [2.05, 4.69) is 28.8 Å². The van der Waals surface area contributed by atoms with Crippen LogP contribution in [-0.2, 0) is 22.7 Å². The van der Waals surface area contributed by atoms with E-state index in [1.54, 1.807) is 4.90 Å². The zero-order valence-corrected chi connectivity index (χ0v) is 16.5. The molecule has 1 heterocycles. The molecule has 0 aliphatic carbocycles. The van der Waals surface area contributed by atoms with Crippen LogP contribution in [0.15, 0.2) is 54.6 Å². The van der Waals surface area contributed by atoms with Gasteiger partial charge in [0.25, 0.3) is 0 Å². The second-order valence-electron chi connectivity index (χ2n) is 7.55. The van der Waals surface area contributed by atoms with Gasteiger partial charge >= 0.3 is 0 Å². The van der Waals surface area contributed by atoms with Gasteiger partial charge in [-0.3, -0.25) is 9.59 Å². The molecule has 0 radical (unpaired) electrons. The third-order valence-corrected chi connectivity index (χ3v) is 5.31. The minimum absolute atomic E-state index is 0.0640. The lowest BCUT2D eigenvalue weighted by molar-refractivity contribution is -0.901. The Kier molecular flexibility index (Phi) is 7.20. The quantitative estimate of drug-likeness (QED) is 0.653. The summed E-state index contributed by atoms with van der Waals surface area (Å²) in [5, 5.41) is 5.92. The molecular formula is C23H30N3O2+. The summed E-state index contributed by atoms with van der Waals surface area (Å²) in [5.74, 6) is -0.202. The number of likely N-dealkylation sites (tertiary alicyclic amines) is 1. The SMILES string of the molecule is CC(=O)N[C@H](CC(=O)NCc1ccccc1C[NH+]1CCCC1)c1ccccc1. The van der Waals surface area contributed by atoms with Gasteiger partial charge in [-0.2, -0.15) is 0 Å². The van der Waals surface area contributed by atoms with Gasteiger partial charge in [-0.1, -0.05) is 54.6 Å². The molecular weight excluding hydrogens is 350 g/mol. The summed E-state index contributed by atoms with van der Waals surface area (Å²) in [4.78, 5) is 25.7. The van der Waals surface area contributed by atoms with Crippen molar-refractivity contribution in [2.24, 2.45) is 0 Å². The van der Waals surface area contributed by atoms with Gasteiger partial charge in [-0.25, -0.2) is 0 Å². The van der Waals surface area contributed by atoms with Crippen molar-refractivity contribution in [2.75, 3.05) is 13.1 Å². The number of benzene rings is 2. The number of rotatable bonds is 8. The monoisotopic (exact) mass is 380 g/mol. The van der Waals surface area contributed by atoms with E-state index in [0.717, 1.165) is 12.1 Å². The van der Waals surface area contributed by atoms with E-state index in [-0.39, 0.29) is 24.3 Å².